The summed E-state index contributed by atoms with van der Waals surface area (Å²) in [5.41, 5.74) is 5.52. The molecule has 3 aromatic heterocycles. The van der Waals surface area contributed by atoms with E-state index in [-0.39, 0.29) is 10.8 Å². The first-order valence-corrected chi connectivity index (χ1v) is 14.0. The second-order valence-corrected chi connectivity index (χ2v) is 12.5. The van der Waals surface area contributed by atoms with Gasteiger partial charge < -0.3 is 4.57 Å². The summed E-state index contributed by atoms with van der Waals surface area (Å²) in [5.74, 6) is 3.02. The van der Waals surface area contributed by atoms with Crippen LogP contribution in [0.15, 0.2) is 30.3 Å². The molecule has 1 atom stereocenters. The normalized spacial score (nSPS) is 13.3. The van der Waals surface area contributed by atoms with Gasteiger partial charge >= 0.3 is 0 Å². The summed E-state index contributed by atoms with van der Waals surface area (Å²) in [4.78, 5) is 4.91. The van der Waals surface area contributed by atoms with Crippen LogP contribution in [-0.2, 0) is 23.8 Å². The monoisotopic (exact) mass is 516 g/mol. The van der Waals surface area contributed by atoms with Crippen LogP contribution in [0.1, 0.15) is 116 Å². The number of unbranched alkanes of at least 4 members (excludes halogenated alkanes) is 1. The first-order chi connectivity index (χ1) is 17.9. The molecule has 0 radical (unpaired) electrons. The van der Waals surface area contributed by atoms with E-state index in [9.17, 15) is 0 Å². The molecule has 0 aliphatic rings. The van der Waals surface area contributed by atoms with E-state index in [1.54, 1.807) is 0 Å². The van der Waals surface area contributed by atoms with Crippen LogP contribution >= 0.6 is 0 Å². The molecule has 3 heterocycles. The highest BCUT2D eigenvalue weighted by Crippen LogP contribution is 2.40. The van der Waals surface area contributed by atoms with Gasteiger partial charge in [-0.05, 0) is 52.8 Å². The first-order valence-electron chi connectivity index (χ1n) is 14.0. The zero-order chi connectivity index (χ0) is 27.7. The van der Waals surface area contributed by atoms with E-state index in [0.29, 0.717) is 18.3 Å². The number of hydrogen-bond acceptors (Lipinski definition) is 5. The number of rotatable bonds is 9. The summed E-state index contributed by atoms with van der Waals surface area (Å²) in [5, 5.41) is 20.2. The van der Waals surface area contributed by atoms with Gasteiger partial charge in [0.2, 0.25) is 5.82 Å². The van der Waals surface area contributed by atoms with Crippen molar-refractivity contribution in [3.8, 4) is 17.2 Å². The lowest BCUT2D eigenvalue weighted by Crippen LogP contribution is -2.17. The van der Waals surface area contributed by atoms with Crippen molar-refractivity contribution < 1.29 is 0 Å². The fraction of sp³-hybridized carbons (Fsp3) is 0.567. The van der Waals surface area contributed by atoms with Crippen LogP contribution in [0.2, 0.25) is 0 Å². The zero-order valence-electron chi connectivity index (χ0n) is 24.6. The van der Waals surface area contributed by atoms with E-state index in [1.807, 2.05) is 0 Å². The minimum Gasteiger partial charge on any atom is -0.310 e. The summed E-state index contributed by atoms with van der Waals surface area (Å²) in [7, 11) is 0. The molecule has 8 heteroatoms. The van der Waals surface area contributed by atoms with Crippen molar-refractivity contribution in [1.82, 2.24) is 40.0 Å². The molecule has 38 heavy (non-hydrogen) atoms. The number of aromatic nitrogens is 8. The number of benzene rings is 1. The average Bonchev–Trinajstić information content (AvgIpc) is 3.60. The zero-order valence-corrected chi connectivity index (χ0v) is 24.6. The molecular weight excluding hydrogens is 472 g/mol. The molecule has 8 nitrogen and oxygen atoms in total. The number of tetrazole rings is 1. The van der Waals surface area contributed by atoms with Gasteiger partial charge in [-0.1, -0.05) is 80.9 Å². The summed E-state index contributed by atoms with van der Waals surface area (Å²) in [6, 6.07) is 11.1. The Morgan fingerprint density at radius 3 is 2.24 bits per heavy atom. The van der Waals surface area contributed by atoms with Crippen molar-refractivity contribution in [1.29, 1.82) is 0 Å². The number of hydrogen-bond donors (Lipinski definition) is 1. The molecule has 0 fully saturated rings. The maximum Gasteiger partial charge on any atom is 0.221 e. The van der Waals surface area contributed by atoms with Crippen molar-refractivity contribution >= 4 is 0 Å². The van der Waals surface area contributed by atoms with Crippen LogP contribution in [0.5, 0.6) is 0 Å². The van der Waals surface area contributed by atoms with E-state index in [0.717, 1.165) is 48.7 Å². The third kappa shape index (κ3) is 5.74. The molecule has 0 saturated heterocycles. The summed E-state index contributed by atoms with van der Waals surface area (Å²) < 4.78 is 4.41. The predicted molar refractivity (Wildman–Crippen MR) is 153 cm³/mol. The maximum atomic E-state index is 4.91. The second-order valence-electron chi connectivity index (χ2n) is 12.5. The maximum absolute atomic E-state index is 4.91. The summed E-state index contributed by atoms with van der Waals surface area (Å²) in [6.07, 6.45) is 4.24. The molecule has 0 amide bonds. The number of nitrogens with one attached hydrogen (secondary N) is 1. The Labute approximate surface area is 227 Å². The molecule has 4 rings (SSSR count). The van der Waals surface area contributed by atoms with Crippen LogP contribution in [-0.4, -0.2) is 40.0 Å². The molecular formula is C30H44N8. The Bertz CT molecular complexity index is 1330. The van der Waals surface area contributed by atoms with Crippen LogP contribution in [0.3, 0.4) is 0 Å². The molecule has 4 aromatic rings. The molecule has 0 aliphatic heterocycles. The highest BCUT2D eigenvalue weighted by molar-refractivity contribution is 5.64. The molecule has 0 saturated carbocycles. The molecule has 1 unspecified atom stereocenters. The molecule has 0 aliphatic carbocycles. The van der Waals surface area contributed by atoms with E-state index in [1.165, 1.54) is 16.8 Å². The second kappa shape index (κ2) is 10.8. The smallest absolute Gasteiger partial charge is 0.221 e. The van der Waals surface area contributed by atoms with E-state index >= 15 is 0 Å². The Hall–Kier alpha value is -3.29. The minimum atomic E-state index is -0.0872. The van der Waals surface area contributed by atoms with E-state index in [2.05, 4.69) is 123 Å². The first kappa shape index (κ1) is 27.7. The third-order valence-electron chi connectivity index (χ3n) is 7.21. The average molecular weight is 517 g/mol. The van der Waals surface area contributed by atoms with Gasteiger partial charge in [0, 0.05) is 29.1 Å². The molecule has 204 valence electrons. The lowest BCUT2D eigenvalue weighted by atomic mass is 9.85. The van der Waals surface area contributed by atoms with E-state index < -0.39 is 0 Å². The van der Waals surface area contributed by atoms with Crippen molar-refractivity contribution in [3.05, 3.63) is 58.8 Å². The standard InChI is InChI=1S/C30H44N8/c1-10-12-13-25-31-28(20(3)11-2)37(34-25)19-21-14-16-22(17-15-21)38-24(30(7,8)9)18-23(29(4,5)6)26(38)27-32-35-36-33-27/h14-18,20H,10-13,19H2,1-9H3,(H,32,33,35,36). The third-order valence-corrected chi connectivity index (χ3v) is 7.21. The van der Waals surface area contributed by atoms with Crippen molar-refractivity contribution in [3.63, 3.8) is 0 Å². The fourth-order valence-electron chi connectivity index (χ4n) is 4.82. The van der Waals surface area contributed by atoms with Gasteiger partial charge in [0.25, 0.3) is 0 Å². The Balaban J connectivity index is 1.76. The van der Waals surface area contributed by atoms with Gasteiger partial charge in [0.15, 0.2) is 5.82 Å². The number of aryl methyl sites for hydroxylation is 1. The largest absolute Gasteiger partial charge is 0.310 e. The predicted octanol–water partition coefficient (Wildman–Crippen LogP) is 6.75. The number of aromatic amines is 1. The SMILES string of the molecule is CCCCc1nc(C(C)CC)n(Cc2ccc(-n3c(C(C)(C)C)cc(C(C)(C)C)c3-c3nn[nH]n3)cc2)n1. The van der Waals surface area contributed by atoms with Crippen molar-refractivity contribution in [2.45, 2.75) is 111 Å². The van der Waals surface area contributed by atoms with Gasteiger partial charge in [0.05, 0.1) is 12.2 Å². The van der Waals surface area contributed by atoms with Gasteiger partial charge in [0.1, 0.15) is 5.82 Å². The topological polar surface area (TPSA) is 90.1 Å². The number of nitrogens with zero attached hydrogens (tertiary/aromatic N) is 7. The lowest BCUT2D eigenvalue weighted by Gasteiger charge is -2.23. The van der Waals surface area contributed by atoms with Gasteiger partial charge in [-0.2, -0.15) is 10.3 Å². The fourth-order valence-corrected chi connectivity index (χ4v) is 4.82. The highest BCUT2D eigenvalue weighted by Gasteiger charge is 2.32. The number of H-pyrrole nitrogens is 1. The van der Waals surface area contributed by atoms with Crippen molar-refractivity contribution in [2.24, 2.45) is 0 Å². The molecule has 1 aromatic carbocycles. The van der Waals surface area contributed by atoms with Gasteiger partial charge in [-0.3, -0.25) is 0 Å². The van der Waals surface area contributed by atoms with Crippen LogP contribution in [0.4, 0.5) is 0 Å². The van der Waals surface area contributed by atoms with Gasteiger partial charge in [-0.15, -0.1) is 10.2 Å². The quantitative estimate of drug-likeness (QED) is 0.266. The minimum absolute atomic E-state index is 0.0819. The molecule has 1 N–H and O–H groups in total. The lowest BCUT2D eigenvalue weighted by molar-refractivity contribution is 0.556. The van der Waals surface area contributed by atoms with Crippen LogP contribution in [0, 0.1) is 0 Å². The molecule has 0 spiro atoms. The summed E-state index contributed by atoms with van der Waals surface area (Å²) in [6.45, 7) is 20.8. The highest BCUT2D eigenvalue weighted by atomic mass is 15.5. The summed E-state index contributed by atoms with van der Waals surface area (Å²) >= 11 is 0. The van der Waals surface area contributed by atoms with Crippen LogP contribution < -0.4 is 0 Å². The van der Waals surface area contributed by atoms with Crippen LogP contribution in [0.25, 0.3) is 17.2 Å². The van der Waals surface area contributed by atoms with Crippen molar-refractivity contribution in [2.75, 3.05) is 0 Å². The Morgan fingerprint density at radius 1 is 0.974 bits per heavy atom. The van der Waals surface area contributed by atoms with E-state index in [4.69, 9.17) is 10.1 Å². The molecule has 0 bridgehead atoms. The Morgan fingerprint density at radius 2 is 1.68 bits per heavy atom. The van der Waals surface area contributed by atoms with Gasteiger partial charge in [-0.25, -0.2) is 9.67 Å². The Kier molecular flexibility index (Phi) is 7.90.